The predicted molar refractivity (Wildman–Crippen MR) is 157 cm³/mol. The van der Waals surface area contributed by atoms with E-state index in [1.165, 1.54) is 11.8 Å². The highest BCUT2D eigenvalue weighted by molar-refractivity contribution is 7.92. The van der Waals surface area contributed by atoms with Gasteiger partial charge in [-0.3, -0.25) is 9.10 Å². The van der Waals surface area contributed by atoms with Gasteiger partial charge in [0.15, 0.2) is 0 Å². The summed E-state index contributed by atoms with van der Waals surface area (Å²) in [7, 11) is -1.06. The maximum Gasteiger partial charge on any atom is 0.265 e. The summed E-state index contributed by atoms with van der Waals surface area (Å²) in [5.74, 6) is -0.330. The Bertz CT molecular complexity index is 1220. The highest BCUT2D eigenvalue weighted by Gasteiger charge is 2.46. The zero-order valence-electron chi connectivity index (χ0n) is 23.7. The minimum absolute atomic E-state index is 0.0200. The van der Waals surface area contributed by atoms with Gasteiger partial charge in [0.2, 0.25) is 10.0 Å². The molecule has 0 radical (unpaired) electrons. The molecule has 39 heavy (non-hydrogen) atoms. The first-order chi connectivity index (χ1) is 18.3. The van der Waals surface area contributed by atoms with Crippen LogP contribution in [0.4, 0.5) is 5.69 Å². The summed E-state index contributed by atoms with van der Waals surface area (Å²) in [5, 5.41) is 0. The van der Waals surface area contributed by atoms with Gasteiger partial charge in [0.25, 0.3) is 5.91 Å². The number of amides is 1. The van der Waals surface area contributed by atoms with E-state index in [1.807, 2.05) is 55.3 Å². The SMILES string of the molecule is C=O.CC(COCc1ccccc1)=NC(=O)C(C)(C)N.CN1CCC2(CC1)CN(S(C)(=O)=O)c1ccccc12. The number of nitrogens with zero attached hydrogens (tertiary/aromatic N) is 3. The number of ether oxygens (including phenoxy) is 1. The third-order valence-electron chi connectivity index (χ3n) is 6.80. The molecule has 0 aromatic heterocycles. The maximum absolute atomic E-state index is 12.0. The highest BCUT2D eigenvalue weighted by Crippen LogP contribution is 2.47. The van der Waals surface area contributed by atoms with Crippen LogP contribution in [0.2, 0.25) is 0 Å². The Balaban J connectivity index is 0.000000258. The molecule has 0 atom stereocenters. The largest absolute Gasteiger partial charge is 0.371 e. The molecule has 214 valence electrons. The normalized spacial score (nSPS) is 17.0. The lowest BCUT2D eigenvalue weighted by Crippen LogP contribution is -2.44. The molecule has 0 aliphatic carbocycles. The van der Waals surface area contributed by atoms with Crippen molar-refractivity contribution in [3.63, 3.8) is 0 Å². The van der Waals surface area contributed by atoms with E-state index in [0.29, 0.717) is 25.5 Å². The number of hydrogen-bond donors (Lipinski definition) is 1. The first-order valence-electron chi connectivity index (χ1n) is 12.9. The lowest BCUT2D eigenvalue weighted by molar-refractivity contribution is -0.121. The third-order valence-corrected chi connectivity index (χ3v) is 7.93. The van der Waals surface area contributed by atoms with Crippen molar-refractivity contribution in [2.45, 2.75) is 51.2 Å². The second-order valence-electron chi connectivity index (χ2n) is 10.7. The van der Waals surface area contributed by atoms with Gasteiger partial charge in [-0.2, -0.15) is 0 Å². The molecule has 2 aliphatic heterocycles. The Morgan fingerprint density at radius 3 is 2.21 bits per heavy atom. The molecule has 0 unspecified atom stereocenters. The molecule has 0 bridgehead atoms. The molecule has 4 rings (SSSR count). The molecule has 2 aliphatic rings. The standard InChI is InChI=1S/C14H20N2O2S.C14H20N2O2.CH2O/c1-15-9-7-14(8-10-15)11-16(19(2,17)18)13-6-4-3-5-12(13)14;1-11(16-13(17)14(2,3)15)9-18-10-12-7-5-4-6-8-12;1-2/h3-6H,7-11H2,1-2H3;4-8H,9-10,15H2,1-3H3;1H2. The van der Waals surface area contributed by atoms with E-state index in [2.05, 4.69) is 23.0 Å². The smallest absolute Gasteiger partial charge is 0.265 e. The van der Waals surface area contributed by atoms with E-state index >= 15 is 0 Å². The molecule has 2 N–H and O–H groups in total. The van der Waals surface area contributed by atoms with Crippen LogP contribution in [0.3, 0.4) is 0 Å². The lowest BCUT2D eigenvalue weighted by atomic mass is 9.74. The summed E-state index contributed by atoms with van der Waals surface area (Å²) < 4.78 is 31.1. The topological polar surface area (TPSA) is 122 Å². The third kappa shape index (κ3) is 9.06. The van der Waals surface area contributed by atoms with E-state index in [-0.39, 0.29) is 11.3 Å². The number of piperidine rings is 1. The van der Waals surface area contributed by atoms with Gasteiger partial charge in [-0.15, -0.1) is 0 Å². The Morgan fingerprint density at radius 1 is 1.08 bits per heavy atom. The van der Waals surface area contributed by atoms with Crippen molar-refractivity contribution < 1.29 is 22.7 Å². The fourth-order valence-corrected chi connectivity index (χ4v) is 5.59. The number of likely N-dealkylation sites (tertiary alicyclic amines) is 1. The number of carbonyl (C=O) groups excluding carboxylic acids is 2. The molecule has 1 spiro atoms. The lowest BCUT2D eigenvalue weighted by Gasteiger charge is -2.38. The summed E-state index contributed by atoms with van der Waals surface area (Å²) in [6.07, 6.45) is 3.37. The van der Waals surface area contributed by atoms with Crippen molar-refractivity contribution in [2.24, 2.45) is 10.7 Å². The van der Waals surface area contributed by atoms with Crippen LogP contribution in [-0.2, 0) is 36.4 Å². The second kappa shape index (κ2) is 13.9. The number of aliphatic imine (C=N–C) groups is 1. The number of hydrogen-bond acceptors (Lipinski definition) is 7. The van der Waals surface area contributed by atoms with E-state index in [1.54, 1.807) is 25.1 Å². The van der Waals surface area contributed by atoms with Crippen LogP contribution in [0, 0.1) is 0 Å². The first-order valence-corrected chi connectivity index (χ1v) is 14.7. The molecular formula is C29H42N4O5S. The van der Waals surface area contributed by atoms with Crippen molar-refractivity contribution in [1.82, 2.24) is 4.90 Å². The Morgan fingerprint density at radius 2 is 1.64 bits per heavy atom. The van der Waals surface area contributed by atoms with Crippen molar-refractivity contribution in [2.75, 3.05) is 43.8 Å². The van der Waals surface area contributed by atoms with Gasteiger partial charge >= 0.3 is 0 Å². The van der Waals surface area contributed by atoms with Gasteiger partial charge in [0.1, 0.15) is 6.79 Å². The van der Waals surface area contributed by atoms with Crippen molar-refractivity contribution in [1.29, 1.82) is 0 Å². The van der Waals surface area contributed by atoms with E-state index in [4.69, 9.17) is 15.3 Å². The molecule has 1 fully saturated rings. The van der Waals surface area contributed by atoms with Gasteiger partial charge < -0.3 is 20.2 Å². The fourth-order valence-electron chi connectivity index (χ4n) is 4.60. The van der Waals surface area contributed by atoms with E-state index in [9.17, 15) is 13.2 Å². The van der Waals surface area contributed by atoms with E-state index < -0.39 is 15.6 Å². The number of carbonyl (C=O) groups is 2. The van der Waals surface area contributed by atoms with Crippen molar-refractivity contribution in [3.05, 3.63) is 65.7 Å². The van der Waals surface area contributed by atoms with Gasteiger partial charge in [-0.25, -0.2) is 13.4 Å². The number of rotatable bonds is 6. The number of fused-ring (bicyclic) bond motifs is 2. The second-order valence-corrected chi connectivity index (χ2v) is 12.6. The molecule has 1 amide bonds. The number of para-hydroxylation sites is 1. The van der Waals surface area contributed by atoms with Crippen LogP contribution in [0.1, 0.15) is 44.7 Å². The maximum atomic E-state index is 12.0. The molecule has 2 heterocycles. The molecule has 2 aromatic rings. The molecule has 10 heteroatoms. The minimum atomic E-state index is -3.19. The Hall–Kier alpha value is -2.92. The average Bonchev–Trinajstić information content (AvgIpc) is 3.22. The summed E-state index contributed by atoms with van der Waals surface area (Å²) in [4.78, 5) is 25.8. The summed E-state index contributed by atoms with van der Waals surface area (Å²) in [6, 6.07) is 17.8. The Kier molecular flexibility index (Phi) is 11.5. The van der Waals surface area contributed by atoms with Crippen LogP contribution in [0.5, 0.6) is 0 Å². The molecule has 9 nitrogen and oxygen atoms in total. The van der Waals surface area contributed by atoms with Crippen molar-refractivity contribution >= 4 is 34.1 Å². The van der Waals surface area contributed by atoms with Crippen LogP contribution < -0.4 is 10.0 Å². The van der Waals surface area contributed by atoms with Gasteiger partial charge in [0.05, 0.1) is 30.7 Å². The number of benzene rings is 2. The quantitative estimate of drug-likeness (QED) is 0.541. The fraction of sp³-hybridized carbons (Fsp3) is 0.483. The number of anilines is 1. The first kappa shape index (κ1) is 32.3. The van der Waals surface area contributed by atoms with Gasteiger partial charge in [-0.1, -0.05) is 48.5 Å². The molecule has 0 saturated carbocycles. The van der Waals surface area contributed by atoms with Gasteiger partial charge in [0, 0.05) is 17.7 Å². The van der Waals surface area contributed by atoms with Crippen LogP contribution >= 0.6 is 0 Å². The Labute approximate surface area is 233 Å². The molecule has 2 aromatic carbocycles. The van der Waals surface area contributed by atoms with Gasteiger partial charge in [-0.05, 0) is 70.9 Å². The average molecular weight is 559 g/mol. The predicted octanol–water partition coefficient (Wildman–Crippen LogP) is 3.17. The monoisotopic (exact) mass is 558 g/mol. The number of sulfonamides is 1. The number of nitrogens with two attached hydrogens (primary N) is 1. The summed E-state index contributed by atoms with van der Waals surface area (Å²) >= 11 is 0. The van der Waals surface area contributed by atoms with Crippen LogP contribution in [0.25, 0.3) is 0 Å². The summed E-state index contributed by atoms with van der Waals surface area (Å²) in [6.45, 7) is 10.5. The van der Waals surface area contributed by atoms with E-state index in [0.717, 1.165) is 37.2 Å². The zero-order valence-corrected chi connectivity index (χ0v) is 24.5. The zero-order chi connectivity index (χ0) is 29.3. The highest BCUT2D eigenvalue weighted by atomic mass is 32.2. The van der Waals surface area contributed by atoms with Crippen molar-refractivity contribution in [3.8, 4) is 0 Å². The minimum Gasteiger partial charge on any atom is -0.371 e. The molecule has 1 saturated heterocycles. The summed E-state index contributed by atoms with van der Waals surface area (Å²) in [5.41, 5.74) is 8.57. The van der Waals surface area contributed by atoms with Crippen LogP contribution in [-0.4, -0.2) is 76.8 Å². The molecular weight excluding hydrogens is 516 g/mol. The van der Waals surface area contributed by atoms with Crippen LogP contribution in [0.15, 0.2) is 59.6 Å².